The minimum Gasteiger partial charge on any atom is -0.491 e. The Hall–Kier alpha value is -1.36. The third-order valence-corrected chi connectivity index (χ3v) is 4.15. The topological polar surface area (TPSA) is 41.5 Å². The van der Waals surface area contributed by atoms with Crippen molar-refractivity contribution in [2.24, 2.45) is 0 Å². The van der Waals surface area contributed by atoms with Crippen LogP contribution in [0.3, 0.4) is 0 Å². The fourth-order valence-corrected chi connectivity index (χ4v) is 2.81. The van der Waals surface area contributed by atoms with Gasteiger partial charge < -0.3 is 15.2 Å². The van der Waals surface area contributed by atoms with Crippen LogP contribution in [-0.2, 0) is 6.42 Å². The molecule has 2 rings (SSSR count). The Morgan fingerprint density at radius 3 is 2.90 bits per heavy atom. The van der Waals surface area contributed by atoms with E-state index in [1.807, 2.05) is 18.2 Å². The third kappa shape index (κ3) is 5.16. The lowest BCUT2D eigenvalue weighted by molar-refractivity contribution is 0.104. The molecule has 1 aromatic heterocycles. The smallest absolute Gasteiger partial charge is 0.119 e. The summed E-state index contributed by atoms with van der Waals surface area (Å²) in [5.41, 5.74) is 2.50. The highest BCUT2D eigenvalue weighted by Gasteiger charge is 2.10. The van der Waals surface area contributed by atoms with Gasteiger partial charge in [-0.15, -0.1) is 0 Å². The van der Waals surface area contributed by atoms with Crippen molar-refractivity contribution in [2.75, 3.05) is 13.2 Å². The zero-order valence-corrected chi connectivity index (χ0v) is 13.4. The van der Waals surface area contributed by atoms with Gasteiger partial charge in [0, 0.05) is 12.6 Å². The Kier molecular flexibility index (Phi) is 6.23. The first kappa shape index (κ1) is 16.0. The first-order valence-corrected chi connectivity index (χ1v) is 8.28. The minimum atomic E-state index is -0.517. The molecule has 0 aliphatic carbocycles. The predicted molar refractivity (Wildman–Crippen MR) is 88.1 cm³/mol. The maximum atomic E-state index is 10.00. The monoisotopic (exact) mass is 305 g/mol. The normalized spacial score (nSPS) is 13.9. The molecule has 1 heterocycles. The SMILES string of the molecule is CCc1cccc(OCC(O)CNC(C)c2ccsc2)c1. The molecule has 0 radical (unpaired) electrons. The fraction of sp³-hybridized carbons (Fsp3) is 0.412. The molecule has 0 saturated heterocycles. The Bertz CT molecular complexity index is 527. The minimum absolute atomic E-state index is 0.245. The summed E-state index contributed by atoms with van der Waals surface area (Å²) in [6.07, 6.45) is 0.468. The van der Waals surface area contributed by atoms with Crippen molar-refractivity contribution in [3.8, 4) is 5.75 Å². The van der Waals surface area contributed by atoms with Crippen LogP contribution in [0.5, 0.6) is 5.75 Å². The summed E-state index contributed by atoms with van der Waals surface area (Å²) < 4.78 is 5.65. The van der Waals surface area contributed by atoms with Crippen LogP contribution in [0.4, 0.5) is 0 Å². The lowest BCUT2D eigenvalue weighted by Gasteiger charge is -2.17. The highest BCUT2D eigenvalue weighted by Crippen LogP contribution is 2.16. The first-order chi connectivity index (χ1) is 10.2. The van der Waals surface area contributed by atoms with Gasteiger partial charge in [-0.3, -0.25) is 0 Å². The van der Waals surface area contributed by atoms with E-state index < -0.39 is 6.10 Å². The summed E-state index contributed by atoms with van der Waals surface area (Å²) in [4.78, 5) is 0. The molecule has 2 unspecified atom stereocenters. The molecule has 0 fully saturated rings. The standard InChI is InChI=1S/C17H23NO2S/c1-3-14-5-4-6-17(9-14)20-11-16(19)10-18-13(2)15-7-8-21-12-15/h4-9,12-13,16,18-19H,3,10-11H2,1-2H3. The Balaban J connectivity index is 1.73. The molecule has 0 aliphatic rings. The average Bonchev–Trinajstić information content (AvgIpc) is 3.05. The van der Waals surface area contributed by atoms with E-state index >= 15 is 0 Å². The van der Waals surface area contributed by atoms with E-state index in [0.717, 1.165) is 12.2 Å². The van der Waals surface area contributed by atoms with E-state index in [4.69, 9.17) is 4.74 Å². The Morgan fingerprint density at radius 2 is 2.19 bits per heavy atom. The predicted octanol–water partition coefficient (Wildman–Crippen LogP) is 3.40. The van der Waals surface area contributed by atoms with Crippen LogP contribution in [0.25, 0.3) is 0 Å². The van der Waals surface area contributed by atoms with Crippen LogP contribution in [0.15, 0.2) is 41.1 Å². The van der Waals surface area contributed by atoms with Crippen LogP contribution in [-0.4, -0.2) is 24.4 Å². The Labute approximate surface area is 130 Å². The highest BCUT2D eigenvalue weighted by atomic mass is 32.1. The van der Waals surface area contributed by atoms with Gasteiger partial charge in [-0.1, -0.05) is 19.1 Å². The number of hydrogen-bond acceptors (Lipinski definition) is 4. The van der Waals surface area contributed by atoms with E-state index in [2.05, 4.69) is 42.1 Å². The Morgan fingerprint density at radius 1 is 1.33 bits per heavy atom. The highest BCUT2D eigenvalue weighted by molar-refractivity contribution is 7.07. The second-order valence-corrected chi connectivity index (χ2v) is 5.93. The van der Waals surface area contributed by atoms with Gasteiger partial charge in [-0.2, -0.15) is 11.3 Å². The molecule has 2 atom stereocenters. The van der Waals surface area contributed by atoms with Gasteiger partial charge in [0.1, 0.15) is 18.5 Å². The molecule has 0 bridgehead atoms. The van der Waals surface area contributed by atoms with E-state index in [-0.39, 0.29) is 6.04 Å². The van der Waals surface area contributed by atoms with Gasteiger partial charge in [-0.05, 0) is 53.4 Å². The summed E-state index contributed by atoms with van der Waals surface area (Å²) in [6, 6.07) is 10.3. The second-order valence-electron chi connectivity index (χ2n) is 5.15. The molecule has 0 aliphatic heterocycles. The van der Waals surface area contributed by atoms with E-state index in [0.29, 0.717) is 13.2 Å². The van der Waals surface area contributed by atoms with Crippen LogP contribution in [0.1, 0.15) is 31.0 Å². The zero-order valence-electron chi connectivity index (χ0n) is 12.6. The average molecular weight is 305 g/mol. The molecule has 2 N–H and O–H groups in total. The van der Waals surface area contributed by atoms with Crippen molar-refractivity contribution in [3.63, 3.8) is 0 Å². The number of hydrogen-bond donors (Lipinski definition) is 2. The number of ether oxygens (including phenoxy) is 1. The fourth-order valence-electron chi connectivity index (χ4n) is 2.06. The molecule has 2 aromatic rings. The van der Waals surface area contributed by atoms with Crippen molar-refractivity contribution in [3.05, 3.63) is 52.2 Å². The molecule has 0 saturated carbocycles. The maximum Gasteiger partial charge on any atom is 0.119 e. The van der Waals surface area contributed by atoms with Gasteiger partial charge >= 0.3 is 0 Å². The molecule has 0 spiro atoms. The van der Waals surface area contributed by atoms with Crippen molar-refractivity contribution in [2.45, 2.75) is 32.4 Å². The van der Waals surface area contributed by atoms with Gasteiger partial charge in [0.15, 0.2) is 0 Å². The second kappa shape index (κ2) is 8.17. The molecule has 4 heteroatoms. The van der Waals surface area contributed by atoms with Crippen LogP contribution in [0, 0.1) is 0 Å². The van der Waals surface area contributed by atoms with Crippen molar-refractivity contribution in [1.29, 1.82) is 0 Å². The van der Waals surface area contributed by atoms with E-state index in [1.165, 1.54) is 11.1 Å². The van der Waals surface area contributed by atoms with Crippen molar-refractivity contribution < 1.29 is 9.84 Å². The summed E-state index contributed by atoms with van der Waals surface area (Å²) in [7, 11) is 0. The number of benzene rings is 1. The van der Waals surface area contributed by atoms with Gasteiger partial charge in [0.05, 0.1) is 0 Å². The summed E-state index contributed by atoms with van der Waals surface area (Å²) in [5.74, 6) is 0.819. The maximum absolute atomic E-state index is 10.00. The van der Waals surface area contributed by atoms with Crippen molar-refractivity contribution in [1.82, 2.24) is 5.32 Å². The quantitative estimate of drug-likeness (QED) is 0.785. The summed E-state index contributed by atoms with van der Waals surface area (Å²) >= 11 is 1.69. The number of nitrogens with one attached hydrogen (secondary N) is 1. The van der Waals surface area contributed by atoms with Crippen LogP contribution >= 0.6 is 11.3 Å². The lowest BCUT2D eigenvalue weighted by atomic mass is 10.1. The molecule has 3 nitrogen and oxygen atoms in total. The molecular formula is C17H23NO2S. The van der Waals surface area contributed by atoms with Crippen LogP contribution < -0.4 is 10.1 Å². The van der Waals surface area contributed by atoms with Gasteiger partial charge in [0.25, 0.3) is 0 Å². The van der Waals surface area contributed by atoms with Gasteiger partial charge in [-0.25, -0.2) is 0 Å². The number of thiophene rings is 1. The van der Waals surface area contributed by atoms with Crippen molar-refractivity contribution >= 4 is 11.3 Å². The first-order valence-electron chi connectivity index (χ1n) is 7.34. The third-order valence-electron chi connectivity index (χ3n) is 3.45. The molecule has 21 heavy (non-hydrogen) atoms. The lowest BCUT2D eigenvalue weighted by Crippen LogP contribution is -2.32. The van der Waals surface area contributed by atoms with E-state index in [1.54, 1.807) is 11.3 Å². The molecular weight excluding hydrogens is 282 g/mol. The summed E-state index contributed by atoms with van der Waals surface area (Å²) in [5, 5.41) is 17.5. The van der Waals surface area contributed by atoms with Gasteiger partial charge in [0.2, 0.25) is 0 Å². The van der Waals surface area contributed by atoms with Crippen LogP contribution in [0.2, 0.25) is 0 Å². The largest absolute Gasteiger partial charge is 0.491 e. The summed E-state index contributed by atoms with van der Waals surface area (Å²) in [6.45, 7) is 5.03. The zero-order chi connectivity index (χ0) is 15.1. The number of aliphatic hydroxyl groups excluding tert-OH is 1. The number of aliphatic hydroxyl groups is 1. The molecule has 0 amide bonds. The number of aryl methyl sites for hydroxylation is 1. The number of rotatable bonds is 8. The van der Waals surface area contributed by atoms with E-state index in [9.17, 15) is 5.11 Å². The molecule has 114 valence electrons. The molecule has 1 aromatic carbocycles.